The normalized spacial score (nSPS) is 10.8. The van der Waals surface area contributed by atoms with Crippen molar-refractivity contribution in [2.24, 2.45) is 0 Å². The summed E-state index contributed by atoms with van der Waals surface area (Å²) in [6.45, 7) is 1.69. The molecule has 0 saturated carbocycles. The van der Waals surface area contributed by atoms with Crippen LogP contribution in [0.25, 0.3) is 6.08 Å². The van der Waals surface area contributed by atoms with Crippen LogP contribution in [-0.4, -0.2) is 44.0 Å². The molecular formula is C22H23F3N2O4. The Morgan fingerprint density at radius 3 is 2.45 bits per heavy atom. The number of carbonyl (C=O) groups is 2. The van der Waals surface area contributed by atoms with Crippen LogP contribution in [0.1, 0.15) is 18.9 Å². The number of nitrogens with zero attached hydrogens (tertiary/aromatic N) is 1. The Hall–Kier alpha value is -3.49. The van der Waals surface area contributed by atoms with E-state index in [2.05, 4.69) is 5.32 Å². The van der Waals surface area contributed by atoms with E-state index in [1.807, 2.05) is 6.92 Å². The van der Waals surface area contributed by atoms with E-state index in [4.69, 9.17) is 9.47 Å². The summed E-state index contributed by atoms with van der Waals surface area (Å²) in [6.07, 6.45) is 3.39. The van der Waals surface area contributed by atoms with Crippen LogP contribution in [0.15, 0.2) is 36.4 Å². The lowest BCUT2D eigenvalue weighted by Gasteiger charge is -2.20. The van der Waals surface area contributed by atoms with Crippen molar-refractivity contribution in [2.45, 2.75) is 13.3 Å². The first kappa shape index (κ1) is 23.8. The molecule has 6 nitrogen and oxygen atoms in total. The number of halogens is 3. The van der Waals surface area contributed by atoms with Crippen molar-refractivity contribution < 1.29 is 32.2 Å². The number of carbonyl (C=O) groups excluding carboxylic acids is 2. The number of methoxy groups -OCH3 is 2. The highest BCUT2D eigenvalue weighted by molar-refractivity contribution is 5.98. The number of amides is 2. The molecule has 0 bridgehead atoms. The van der Waals surface area contributed by atoms with Crippen LogP contribution in [-0.2, 0) is 9.59 Å². The summed E-state index contributed by atoms with van der Waals surface area (Å²) in [4.78, 5) is 26.1. The van der Waals surface area contributed by atoms with Crippen molar-refractivity contribution in [1.29, 1.82) is 0 Å². The molecule has 2 amide bonds. The van der Waals surface area contributed by atoms with Gasteiger partial charge in [0.15, 0.2) is 17.5 Å². The van der Waals surface area contributed by atoms with E-state index < -0.39 is 41.5 Å². The monoisotopic (exact) mass is 436 g/mol. The highest BCUT2D eigenvalue weighted by Crippen LogP contribution is 2.25. The Morgan fingerprint density at radius 2 is 1.81 bits per heavy atom. The predicted octanol–water partition coefficient (Wildman–Crippen LogP) is 4.01. The number of nitrogens with one attached hydrogen (secondary N) is 1. The first-order chi connectivity index (χ1) is 14.8. The third-order valence-electron chi connectivity index (χ3n) is 4.30. The molecule has 2 aromatic rings. The Morgan fingerprint density at radius 1 is 1.06 bits per heavy atom. The van der Waals surface area contributed by atoms with E-state index in [1.165, 1.54) is 31.3 Å². The van der Waals surface area contributed by atoms with Crippen LogP contribution in [0.2, 0.25) is 0 Å². The van der Waals surface area contributed by atoms with Gasteiger partial charge in [0, 0.05) is 24.3 Å². The predicted molar refractivity (Wildman–Crippen MR) is 110 cm³/mol. The zero-order chi connectivity index (χ0) is 23.0. The molecule has 2 aromatic carbocycles. The second-order valence-electron chi connectivity index (χ2n) is 6.47. The molecule has 0 aliphatic heterocycles. The largest absolute Gasteiger partial charge is 0.497 e. The summed E-state index contributed by atoms with van der Waals surface area (Å²) < 4.78 is 50.5. The first-order valence-electron chi connectivity index (χ1n) is 9.43. The average molecular weight is 436 g/mol. The summed E-state index contributed by atoms with van der Waals surface area (Å²) in [5, 5.41) is 2.15. The van der Waals surface area contributed by atoms with Crippen molar-refractivity contribution in [3.05, 3.63) is 59.4 Å². The molecule has 0 aliphatic carbocycles. The van der Waals surface area contributed by atoms with Crippen LogP contribution in [0.4, 0.5) is 18.9 Å². The number of benzene rings is 2. The van der Waals surface area contributed by atoms with Crippen LogP contribution in [0, 0.1) is 17.5 Å². The van der Waals surface area contributed by atoms with E-state index in [0.717, 1.165) is 6.07 Å². The van der Waals surface area contributed by atoms with Crippen molar-refractivity contribution >= 4 is 23.6 Å². The van der Waals surface area contributed by atoms with Gasteiger partial charge in [-0.1, -0.05) is 6.92 Å². The molecule has 0 heterocycles. The maximum absolute atomic E-state index is 13.8. The highest BCUT2D eigenvalue weighted by Gasteiger charge is 2.18. The van der Waals surface area contributed by atoms with Crippen molar-refractivity contribution in [2.75, 3.05) is 32.6 Å². The van der Waals surface area contributed by atoms with E-state index in [0.29, 0.717) is 29.5 Å². The van der Waals surface area contributed by atoms with Crippen LogP contribution >= 0.6 is 0 Å². The topological polar surface area (TPSA) is 67.9 Å². The number of hydrogen-bond donors (Lipinski definition) is 1. The number of hydrogen-bond acceptors (Lipinski definition) is 4. The molecule has 0 atom stereocenters. The smallest absolute Gasteiger partial charge is 0.247 e. The van der Waals surface area contributed by atoms with Crippen LogP contribution in [0.5, 0.6) is 11.5 Å². The van der Waals surface area contributed by atoms with Gasteiger partial charge in [-0.15, -0.1) is 0 Å². The standard InChI is InChI=1S/C22H23F3N2O4/c1-4-11-27(13-19(28)26-17-9-8-16(23)21(24)22(17)25)20(29)10-6-14-5-7-15(30-2)12-18(14)31-3/h5-10,12H,4,11,13H2,1-3H3,(H,26,28)/b10-6+. The molecule has 9 heteroatoms. The van der Waals surface area contributed by atoms with Gasteiger partial charge in [-0.05, 0) is 36.8 Å². The second kappa shape index (κ2) is 11.1. The molecule has 166 valence electrons. The summed E-state index contributed by atoms with van der Waals surface area (Å²) in [7, 11) is 3.01. The summed E-state index contributed by atoms with van der Waals surface area (Å²) >= 11 is 0. The Balaban J connectivity index is 2.11. The molecule has 0 unspecified atom stereocenters. The lowest BCUT2D eigenvalue weighted by atomic mass is 10.1. The third-order valence-corrected chi connectivity index (χ3v) is 4.30. The third kappa shape index (κ3) is 6.24. The van der Waals surface area contributed by atoms with E-state index in [9.17, 15) is 22.8 Å². The van der Waals surface area contributed by atoms with Gasteiger partial charge >= 0.3 is 0 Å². The van der Waals surface area contributed by atoms with Crippen LogP contribution in [0.3, 0.4) is 0 Å². The van der Waals surface area contributed by atoms with Gasteiger partial charge in [0.05, 0.1) is 19.9 Å². The minimum absolute atomic E-state index is 0.261. The van der Waals surface area contributed by atoms with Gasteiger partial charge in [-0.2, -0.15) is 0 Å². The highest BCUT2D eigenvalue weighted by atomic mass is 19.2. The zero-order valence-electron chi connectivity index (χ0n) is 17.4. The van der Waals surface area contributed by atoms with Crippen LogP contribution < -0.4 is 14.8 Å². The van der Waals surface area contributed by atoms with Gasteiger partial charge in [-0.3, -0.25) is 9.59 Å². The first-order valence-corrected chi connectivity index (χ1v) is 9.43. The van der Waals surface area contributed by atoms with Gasteiger partial charge in [0.2, 0.25) is 11.8 Å². The number of rotatable bonds is 9. The summed E-state index contributed by atoms with van der Waals surface area (Å²) in [5.41, 5.74) is 0.118. The Kier molecular flexibility index (Phi) is 8.48. The SMILES string of the molecule is CCCN(CC(=O)Nc1ccc(F)c(F)c1F)C(=O)/C=C/c1ccc(OC)cc1OC. The molecule has 0 radical (unpaired) electrons. The van der Waals surface area contributed by atoms with E-state index in [1.54, 1.807) is 18.2 Å². The molecule has 0 spiro atoms. The quantitative estimate of drug-likeness (QED) is 0.477. The molecule has 31 heavy (non-hydrogen) atoms. The molecular weight excluding hydrogens is 413 g/mol. The molecule has 0 aliphatic rings. The van der Waals surface area contributed by atoms with E-state index in [-0.39, 0.29) is 6.54 Å². The number of anilines is 1. The molecule has 0 saturated heterocycles. The average Bonchev–Trinajstić information content (AvgIpc) is 2.77. The van der Waals surface area contributed by atoms with Crippen molar-refractivity contribution in [3.63, 3.8) is 0 Å². The summed E-state index contributed by atoms with van der Waals surface area (Å²) in [6, 6.07) is 6.70. The van der Waals surface area contributed by atoms with Gasteiger partial charge in [0.25, 0.3) is 0 Å². The lowest BCUT2D eigenvalue weighted by molar-refractivity contribution is -0.130. The fraction of sp³-hybridized carbons (Fsp3) is 0.273. The number of ether oxygens (including phenoxy) is 2. The molecule has 2 rings (SSSR count). The molecule has 1 N–H and O–H groups in total. The van der Waals surface area contributed by atoms with Gasteiger partial charge in [-0.25, -0.2) is 13.2 Å². The minimum Gasteiger partial charge on any atom is -0.497 e. The second-order valence-corrected chi connectivity index (χ2v) is 6.47. The Bertz CT molecular complexity index is 979. The zero-order valence-corrected chi connectivity index (χ0v) is 17.4. The maximum atomic E-state index is 13.8. The lowest BCUT2D eigenvalue weighted by Crippen LogP contribution is -2.37. The molecule has 0 fully saturated rings. The fourth-order valence-electron chi connectivity index (χ4n) is 2.75. The van der Waals surface area contributed by atoms with Crippen molar-refractivity contribution in [3.8, 4) is 11.5 Å². The van der Waals surface area contributed by atoms with Crippen molar-refractivity contribution in [1.82, 2.24) is 4.90 Å². The van der Waals surface area contributed by atoms with Gasteiger partial charge in [0.1, 0.15) is 18.0 Å². The maximum Gasteiger partial charge on any atom is 0.247 e. The molecule has 0 aromatic heterocycles. The fourth-order valence-corrected chi connectivity index (χ4v) is 2.75. The van der Waals surface area contributed by atoms with E-state index >= 15 is 0 Å². The van der Waals surface area contributed by atoms with Gasteiger partial charge < -0.3 is 19.7 Å². The summed E-state index contributed by atoms with van der Waals surface area (Å²) in [5.74, 6) is -4.67. The minimum atomic E-state index is -1.68. The Labute approximate surface area is 178 Å².